The summed E-state index contributed by atoms with van der Waals surface area (Å²) in [6.45, 7) is 12.1. The monoisotopic (exact) mass is 450 g/mol. The van der Waals surface area contributed by atoms with Gasteiger partial charge in [0.15, 0.2) is 0 Å². The van der Waals surface area contributed by atoms with Crippen LogP contribution in [-0.2, 0) is 4.74 Å². The molecule has 0 spiro atoms. The minimum Gasteiger partial charge on any atom is -0.389 e. The standard InChI is InChI=1S/C29H42N2O2/c1-23-18-27(20-29(2,3)19-23)33-22-26(32)21-30-14-16-31(17-15-30)28(24-10-6-4-7-11-24)25-12-8-5-9-13-25/h4-13,23,26-28,32H,14-22H2,1-3H3/t23-,26+,27-/m0/s1. The van der Waals surface area contributed by atoms with Gasteiger partial charge in [0.05, 0.1) is 24.9 Å². The van der Waals surface area contributed by atoms with E-state index in [0.717, 1.165) is 39.0 Å². The van der Waals surface area contributed by atoms with Gasteiger partial charge in [0.2, 0.25) is 0 Å². The molecule has 0 radical (unpaired) electrons. The van der Waals surface area contributed by atoms with Crippen LogP contribution in [-0.4, -0.2) is 66.4 Å². The van der Waals surface area contributed by atoms with E-state index in [1.165, 1.54) is 17.5 Å². The normalized spacial score (nSPS) is 25.2. The van der Waals surface area contributed by atoms with Gasteiger partial charge in [-0.25, -0.2) is 0 Å². The van der Waals surface area contributed by atoms with E-state index in [1.807, 2.05) is 0 Å². The molecule has 3 atom stereocenters. The molecule has 0 bridgehead atoms. The van der Waals surface area contributed by atoms with E-state index < -0.39 is 6.10 Å². The van der Waals surface area contributed by atoms with E-state index in [-0.39, 0.29) is 12.1 Å². The molecule has 2 aliphatic rings. The summed E-state index contributed by atoms with van der Waals surface area (Å²) in [7, 11) is 0. The van der Waals surface area contributed by atoms with Gasteiger partial charge in [0, 0.05) is 32.7 Å². The fraction of sp³-hybridized carbons (Fsp3) is 0.586. The number of aliphatic hydroxyl groups excluding tert-OH is 1. The van der Waals surface area contributed by atoms with Crippen molar-refractivity contribution in [1.29, 1.82) is 0 Å². The zero-order chi connectivity index (χ0) is 23.3. The number of hydrogen-bond donors (Lipinski definition) is 1. The molecule has 4 nitrogen and oxygen atoms in total. The zero-order valence-electron chi connectivity index (χ0n) is 20.7. The molecule has 1 saturated carbocycles. The Hall–Kier alpha value is -1.72. The number of ether oxygens (including phenoxy) is 1. The molecule has 1 heterocycles. The summed E-state index contributed by atoms with van der Waals surface area (Å²) >= 11 is 0. The Kier molecular flexibility index (Phi) is 8.24. The van der Waals surface area contributed by atoms with Crippen molar-refractivity contribution in [1.82, 2.24) is 9.80 Å². The van der Waals surface area contributed by atoms with Crippen LogP contribution in [0.4, 0.5) is 0 Å². The summed E-state index contributed by atoms with van der Waals surface area (Å²) in [6, 6.07) is 21.9. The summed E-state index contributed by atoms with van der Waals surface area (Å²) in [5, 5.41) is 10.7. The van der Waals surface area contributed by atoms with E-state index in [1.54, 1.807) is 0 Å². The zero-order valence-corrected chi connectivity index (χ0v) is 20.7. The first kappa shape index (κ1) is 24.4. The first-order valence-corrected chi connectivity index (χ1v) is 12.8. The van der Waals surface area contributed by atoms with Gasteiger partial charge in [0.1, 0.15) is 0 Å². The Balaban J connectivity index is 1.28. The molecule has 1 aliphatic carbocycles. The van der Waals surface area contributed by atoms with Crippen LogP contribution in [0.2, 0.25) is 0 Å². The average molecular weight is 451 g/mol. The molecule has 4 heteroatoms. The smallest absolute Gasteiger partial charge is 0.0900 e. The van der Waals surface area contributed by atoms with Crippen LogP contribution < -0.4 is 0 Å². The van der Waals surface area contributed by atoms with Crippen LogP contribution >= 0.6 is 0 Å². The van der Waals surface area contributed by atoms with Gasteiger partial charge >= 0.3 is 0 Å². The van der Waals surface area contributed by atoms with Gasteiger partial charge in [0.25, 0.3) is 0 Å². The number of piperazine rings is 1. The van der Waals surface area contributed by atoms with E-state index in [4.69, 9.17) is 4.74 Å². The van der Waals surface area contributed by atoms with Gasteiger partial charge in [-0.1, -0.05) is 81.4 Å². The highest BCUT2D eigenvalue weighted by Gasteiger charge is 2.33. The lowest BCUT2D eigenvalue weighted by atomic mass is 9.71. The summed E-state index contributed by atoms with van der Waals surface area (Å²) < 4.78 is 6.18. The minimum absolute atomic E-state index is 0.277. The average Bonchev–Trinajstić information content (AvgIpc) is 2.79. The van der Waals surface area contributed by atoms with Crippen LogP contribution in [0, 0.1) is 11.3 Å². The second kappa shape index (κ2) is 11.1. The van der Waals surface area contributed by atoms with Crippen molar-refractivity contribution in [2.24, 2.45) is 11.3 Å². The summed E-state index contributed by atoms with van der Waals surface area (Å²) in [4.78, 5) is 4.97. The molecule has 2 aromatic rings. The highest BCUT2D eigenvalue weighted by Crippen LogP contribution is 2.39. The Labute approximate surface area is 200 Å². The SMILES string of the molecule is C[C@H]1C[C@H](OC[C@H](O)CN2CCN(C(c3ccccc3)c3ccccc3)CC2)CC(C)(C)C1. The van der Waals surface area contributed by atoms with E-state index in [2.05, 4.69) is 91.2 Å². The number of hydrogen-bond acceptors (Lipinski definition) is 4. The first-order chi connectivity index (χ1) is 15.9. The van der Waals surface area contributed by atoms with Gasteiger partial charge in [-0.3, -0.25) is 9.80 Å². The second-order valence-corrected chi connectivity index (χ2v) is 11.1. The van der Waals surface area contributed by atoms with Crippen LogP contribution in [0.25, 0.3) is 0 Å². The summed E-state index contributed by atoms with van der Waals surface area (Å²) in [5.41, 5.74) is 3.03. The van der Waals surface area contributed by atoms with Gasteiger partial charge in [-0.05, 0) is 41.7 Å². The van der Waals surface area contributed by atoms with Crippen molar-refractivity contribution >= 4 is 0 Å². The Morgan fingerprint density at radius 1 is 0.909 bits per heavy atom. The lowest BCUT2D eigenvalue weighted by molar-refractivity contribution is -0.0636. The minimum atomic E-state index is -0.420. The molecule has 2 aromatic carbocycles. The van der Waals surface area contributed by atoms with Gasteiger partial charge < -0.3 is 9.84 Å². The lowest BCUT2D eigenvalue weighted by Gasteiger charge is -2.41. The van der Waals surface area contributed by atoms with Gasteiger partial charge in [-0.15, -0.1) is 0 Å². The fourth-order valence-corrected chi connectivity index (χ4v) is 6.07. The van der Waals surface area contributed by atoms with Crippen LogP contribution in [0.1, 0.15) is 57.2 Å². The highest BCUT2D eigenvalue weighted by atomic mass is 16.5. The maximum Gasteiger partial charge on any atom is 0.0900 e. The Morgan fingerprint density at radius 3 is 2.03 bits per heavy atom. The molecule has 4 rings (SSSR count). The maximum atomic E-state index is 10.7. The molecule has 1 saturated heterocycles. The number of aliphatic hydroxyl groups is 1. The molecule has 1 N–H and O–H groups in total. The molecular weight excluding hydrogens is 408 g/mol. The molecule has 0 unspecified atom stereocenters. The van der Waals surface area contributed by atoms with Crippen molar-refractivity contribution in [3.63, 3.8) is 0 Å². The molecule has 0 amide bonds. The van der Waals surface area contributed by atoms with Crippen molar-refractivity contribution in [2.75, 3.05) is 39.3 Å². The number of nitrogens with zero attached hydrogens (tertiary/aromatic N) is 2. The van der Waals surface area contributed by atoms with Crippen molar-refractivity contribution < 1.29 is 9.84 Å². The maximum absolute atomic E-state index is 10.7. The topological polar surface area (TPSA) is 35.9 Å². The van der Waals surface area contributed by atoms with Crippen molar-refractivity contribution in [2.45, 2.75) is 58.3 Å². The third kappa shape index (κ3) is 6.89. The summed E-state index contributed by atoms with van der Waals surface area (Å²) in [6.07, 6.45) is 3.36. The molecule has 0 aromatic heterocycles. The first-order valence-electron chi connectivity index (χ1n) is 12.8. The van der Waals surface area contributed by atoms with E-state index in [9.17, 15) is 5.11 Å². The lowest BCUT2D eigenvalue weighted by Crippen LogP contribution is -2.50. The fourth-order valence-electron chi connectivity index (χ4n) is 6.07. The second-order valence-electron chi connectivity index (χ2n) is 11.1. The predicted molar refractivity (Wildman–Crippen MR) is 135 cm³/mol. The predicted octanol–water partition coefficient (Wildman–Crippen LogP) is 4.99. The highest BCUT2D eigenvalue weighted by molar-refractivity contribution is 5.31. The van der Waals surface area contributed by atoms with Crippen molar-refractivity contribution in [3.05, 3.63) is 71.8 Å². The summed E-state index contributed by atoms with van der Waals surface area (Å²) in [5.74, 6) is 0.700. The molecule has 180 valence electrons. The van der Waals surface area contributed by atoms with Gasteiger partial charge in [-0.2, -0.15) is 0 Å². The van der Waals surface area contributed by atoms with Crippen LogP contribution in [0.5, 0.6) is 0 Å². The molecular formula is C29H42N2O2. The molecule has 33 heavy (non-hydrogen) atoms. The van der Waals surface area contributed by atoms with Crippen LogP contribution in [0.15, 0.2) is 60.7 Å². The quantitative estimate of drug-likeness (QED) is 0.615. The third-order valence-corrected chi connectivity index (χ3v) is 7.34. The molecule has 1 aliphatic heterocycles. The van der Waals surface area contributed by atoms with E-state index >= 15 is 0 Å². The molecule has 2 fully saturated rings. The van der Waals surface area contributed by atoms with E-state index in [0.29, 0.717) is 24.5 Å². The third-order valence-electron chi connectivity index (χ3n) is 7.34. The Morgan fingerprint density at radius 2 is 1.48 bits per heavy atom. The number of benzene rings is 2. The largest absolute Gasteiger partial charge is 0.389 e. The number of β-amino-alcohol motifs (C(OH)–C–C–N with tert-alkyl or cyclic N) is 1. The Bertz CT molecular complexity index is 794. The van der Waals surface area contributed by atoms with Crippen molar-refractivity contribution in [3.8, 4) is 0 Å². The van der Waals surface area contributed by atoms with Crippen LogP contribution in [0.3, 0.4) is 0 Å². The number of rotatable bonds is 8.